The molecule has 22 heavy (non-hydrogen) atoms. The monoisotopic (exact) mass is 344 g/mol. The van der Waals surface area contributed by atoms with Crippen LogP contribution in [0, 0.1) is 5.92 Å². The zero-order valence-corrected chi connectivity index (χ0v) is 14.4. The van der Waals surface area contributed by atoms with Gasteiger partial charge in [-0.1, -0.05) is 6.92 Å². The number of amides is 2. The van der Waals surface area contributed by atoms with E-state index in [0.29, 0.717) is 10.8 Å². The van der Waals surface area contributed by atoms with Crippen molar-refractivity contribution >= 4 is 33.0 Å². The minimum absolute atomic E-state index is 0.416. The molecule has 0 fully saturated rings. The van der Waals surface area contributed by atoms with Gasteiger partial charge in [0, 0.05) is 11.1 Å². The lowest BCUT2D eigenvalue weighted by Gasteiger charge is -2.16. The Kier molecular flexibility index (Phi) is 4.91. The highest BCUT2D eigenvalue weighted by atomic mass is 32.2. The smallest absolute Gasteiger partial charge is 0.272 e. The first-order valence-electron chi connectivity index (χ1n) is 7.09. The Balaban J connectivity index is 1.97. The number of rotatable bonds is 3. The fourth-order valence-electron chi connectivity index (χ4n) is 2.29. The van der Waals surface area contributed by atoms with Gasteiger partial charge in [-0.25, -0.2) is 8.42 Å². The van der Waals surface area contributed by atoms with Gasteiger partial charge in [0.2, 0.25) is 0 Å². The standard InChI is InChI=1S/C14H20N2O4S2/c1-8-4-5-11-10(6-8)7-12(21-11)14(18)16-15-13(17)9(2)22(3,19)20/h7-9H,4-6H2,1-3H3,(H,15,17)(H,16,18)/t8-,9-/m0/s1. The molecule has 2 atom stereocenters. The first-order valence-corrected chi connectivity index (χ1v) is 9.86. The number of aryl methyl sites for hydroxylation is 1. The number of carbonyl (C=O) groups is 2. The first kappa shape index (κ1) is 17.0. The lowest BCUT2D eigenvalue weighted by Crippen LogP contribution is -2.47. The predicted molar refractivity (Wildman–Crippen MR) is 85.4 cm³/mol. The molecule has 2 N–H and O–H groups in total. The van der Waals surface area contributed by atoms with Gasteiger partial charge in [0.05, 0.1) is 4.88 Å². The molecule has 2 amide bonds. The molecular weight excluding hydrogens is 324 g/mol. The number of hydrogen-bond acceptors (Lipinski definition) is 5. The second kappa shape index (κ2) is 6.37. The molecule has 0 aliphatic heterocycles. The molecule has 122 valence electrons. The SMILES string of the molecule is C[C@H]1CCc2sc(C(=O)NNC(=O)[C@H](C)S(C)(=O)=O)cc2C1. The summed E-state index contributed by atoms with van der Waals surface area (Å²) in [5.74, 6) is -0.541. The summed E-state index contributed by atoms with van der Waals surface area (Å²) in [6.45, 7) is 3.47. The van der Waals surface area contributed by atoms with Gasteiger partial charge in [-0.05, 0) is 43.7 Å². The highest BCUT2D eigenvalue weighted by molar-refractivity contribution is 7.92. The van der Waals surface area contributed by atoms with Gasteiger partial charge >= 0.3 is 0 Å². The Morgan fingerprint density at radius 2 is 2.05 bits per heavy atom. The lowest BCUT2D eigenvalue weighted by atomic mass is 9.90. The van der Waals surface area contributed by atoms with Crippen molar-refractivity contribution in [3.63, 3.8) is 0 Å². The summed E-state index contributed by atoms with van der Waals surface area (Å²) < 4.78 is 22.6. The summed E-state index contributed by atoms with van der Waals surface area (Å²) in [6.07, 6.45) is 4.05. The van der Waals surface area contributed by atoms with Gasteiger partial charge in [-0.2, -0.15) is 0 Å². The van der Waals surface area contributed by atoms with E-state index in [1.807, 2.05) is 6.07 Å². The van der Waals surface area contributed by atoms with Crippen molar-refractivity contribution < 1.29 is 18.0 Å². The van der Waals surface area contributed by atoms with E-state index in [9.17, 15) is 18.0 Å². The van der Waals surface area contributed by atoms with Crippen LogP contribution >= 0.6 is 11.3 Å². The molecule has 0 spiro atoms. The van der Waals surface area contributed by atoms with E-state index in [4.69, 9.17) is 0 Å². The molecule has 0 bridgehead atoms. The van der Waals surface area contributed by atoms with Gasteiger partial charge in [-0.3, -0.25) is 20.4 Å². The molecule has 1 aromatic heterocycles. The number of hydrazine groups is 1. The van der Waals surface area contributed by atoms with Crippen LogP contribution in [0.2, 0.25) is 0 Å². The van der Waals surface area contributed by atoms with E-state index in [-0.39, 0.29) is 0 Å². The van der Waals surface area contributed by atoms with Gasteiger partial charge in [-0.15, -0.1) is 11.3 Å². The van der Waals surface area contributed by atoms with E-state index in [0.717, 1.165) is 25.5 Å². The highest BCUT2D eigenvalue weighted by Gasteiger charge is 2.25. The average molecular weight is 344 g/mol. The fraction of sp³-hybridized carbons (Fsp3) is 0.571. The third kappa shape index (κ3) is 3.86. The third-order valence-corrected chi connectivity index (χ3v) is 6.60. The quantitative estimate of drug-likeness (QED) is 0.802. The largest absolute Gasteiger partial charge is 0.279 e. The molecule has 0 saturated carbocycles. The van der Waals surface area contributed by atoms with Crippen molar-refractivity contribution in [1.82, 2.24) is 10.9 Å². The van der Waals surface area contributed by atoms with Crippen LogP contribution in [0.4, 0.5) is 0 Å². The van der Waals surface area contributed by atoms with Crippen molar-refractivity contribution in [2.45, 2.75) is 38.4 Å². The predicted octanol–water partition coefficient (Wildman–Crippen LogP) is 1.07. The van der Waals surface area contributed by atoms with Gasteiger partial charge < -0.3 is 0 Å². The second-order valence-corrected chi connectivity index (χ2v) is 9.33. The number of fused-ring (bicyclic) bond motifs is 1. The van der Waals surface area contributed by atoms with Crippen molar-refractivity contribution in [2.24, 2.45) is 5.92 Å². The van der Waals surface area contributed by atoms with Crippen LogP contribution in [-0.4, -0.2) is 31.7 Å². The van der Waals surface area contributed by atoms with E-state index >= 15 is 0 Å². The summed E-state index contributed by atoms with van der Waals surface area (Å²) >= 11 is 1.43. The normalized spacial score (nSPS) is 19.1. The van der Waals surface area contributed by atoms with E-state index < -0.39 is 26.9 Å². The van der Waals surface area contributed by atoms with Crippen molar-refractivity contribution in [3.8, 4) is 0 Å². The van der Waals surface area contributed by atoms with Crippen LogP contribution in [0.15, 0.2) is 6.07 Å². The van der Waals surface area contributed by atoms with Crippen LogP contribution in [0.25, 0.3) is 0 Å². The van der Waals surface area contributed by atoms with E-state index in [2.05, 4.69) is 17.8 Å². The number of carbonyl (C=O) groups excluding carboxylic acids is 2. The Labute approximate surface area is 134 Å². The molecule has 0 radical (unpaired) electrons. The molecule has 0 aromatic carbocycles. The van der Waals surface area contributed by atoms with Crippen molar-refractivity contribution in [1.29, 1.82) is 0 Å². The Morgan fingerprint density at radius 1 is 1.36 bits per heavy atom. The lowest BCUT2D eigenvalue weighted by molar-refractivity contribution is -0.121. The molecule has 1 aliphatic carbocycles. The molecule has 6 nitrogen and oxygen atoms in total. The second-order valence-electron chi connectivity index (χ2n) is 5.82. The summed E-state index contributed by atoms with van der Waals surface area (Å²) in [5.41, 5.74) is 5.64. The Morgan fingerprint density at radius 3 is 2.68 bits per heavy atom. The van der Waals surface area contributed by atoms with E-state index in [1.165, 1.54) is 28.7 Å². The Hall–Kier alpha value is -1.41. The van der Waals surface area contributed by atoms with Gasteiger partial charge in [0.15, 0.2) is 9.84 Å². The van der Waals surface area contributed by atoms with Crippen molar-refractivity contribution in [2.75, 3.05) is 6.26 Å². The summed E-state index contributed by atoms with van der Waals surface area (Å²) in [4.78, 5) is 25.5. The Bertz CT molecular complexity index is 694. The van der Waals surface area contributed by atoms with Crippen LogP contribution in [0.1, 0.15) is 40.4 Å². The maximum Gasteiger partial charge on any atom is 0.279 e. The third-order valence-electron chi connectivity index (χ3n) is 3.86. The molecule has 0 saturated heterocycles. The number of sulfone groups is 1. The zero-order valence-electron chi connectivity index (χ0n) is 12.8. The van der Waals surface area contributed by atoms with Crippen LogP contribution in [0.3, 0.4) is 0 Å². The van der Waals surface area contributed by atoms with Crippen molar-refractivity contribution in [3.05, 3.63) is 21.4 Å². The number of nitrogens with one attached hydrogen (secondary N) is 2. The highest BCUT2D eigenvalue weighted by Crippen LogP contribution is 2.32. The van der Waals surface area contributed by atoms with Crippen LogP contribution < -0.4 is 10.9 Å². The molecule has 1 heterocycles. The van der Waals surface area contributed by atoms with E-state index in [1.54, 1.807) is 0 Å². The fourth-order valence-corrected chi connectivity index (χ4v) is 3.85. The molecule has 0 unspecified atom stereocenters. The maximum absolute atomic E-state index is 12.1. The summed E-state index contributed by atoms with van der Waals surface area (Å²) in [6, 6.07) is 1.86. The van der Waals surface area contributed by atoms with Gasteiger partial charge in [0.1, 0.15) is 5.25 Å². The van der Waals surface area contributed by atoms with Crippen LogP contribution in [0.5, 0.6) is 0 Å². The zero-order chi connectivity index (χ0) is 16.5. The van der Waals surface area contributed by atoms with Gasteiger partial charge in [0.25, 0.3) is 11.8 Å². The topological polar surface area (TPSA) is 92.3 Å². The summed E-state index contributed by atoms with van der Waals surface area (Å²) in [5, 5.41) is -1.20. The first-order chi connectivity index (χ1) is 10.2. The minimum atomic E-state index is -3.48. The van der Waals surface area contributed by atoms with Crippen LogP contribution in [-0.2, 0) is 27.5 Å². The maximum atomic E-state index is 12.1. The molecule has 1 aromatic rings. The molecule has 8 heteroatoms. The molecule has 2 rings (SSSR count). The molecular formula is C14H20N2O4S2. The number of thiophene rings is 1. The average Bonchev–Trinajstić information content (AvgIpc) is 2.85. The minimum Gasteiger partial charge on any atom is -0.272 e. The molecule has 1 aliphatic rings. The number of hydrogen-bond donors (Lipinski definition) is 2. The summed E-state index contributed by atoms with van der Waals surface area (Å²) in [7, 11) is -3.48.